The summed E-state index contributed by atoms with van der Waals surface area (Å²) in [5.74, 6) is -0.295. The van der Waals surface area contributed by atoms with E-state index in [0.717, 1.165) is 22.2 Å². The number of fused-ring (bicyclic) bond motifs is 1. The third-order valence-electron chi connectivity index (χ3n) is 4.18. The summed E-state index contributed by atoms with van der Waals surface area (Å²) in [6.45, 7) is 4.72. The number of halogens is 1. The molecule has 2 aromatic heterocycles. The van der Waals surface area contributed by atoms with Crippen LogP contribution in [0.2, 0.25) is 5.02 Å². The number of hydrogen-bond acceptors (Lipinski definition) is 3. The average molecular weight is 364 g/mol. The molecular formula is C18H18ClNO3S. The van der Waals surface area contributed by atoms with Crippen LogP contribution in [-0.2, 0) is 17.8 Å². The second-order valence-electron chi connectivity index (χ2n) is 5.79. The van der Waals surface area contributed by atoms with Crippen molar-refractivity contribution in [3.05, 3.63) is 50.3 Å². The molecule has 4 nitrogen and oxygen atoms in total. The topological polar surface area (TPSA) is 51.5 Å². The first-order chi connectivity index (χ1) is 11.4. The van der Waals surface area contributed by atoms with Crippen molar-refractivity contribution < 1.29 is 14.6 Å². The van der Waals surface area contributed by atoms with E-state index in [4.69, 9.17) is 16.3 Å². The Balaban J connectivity index is 2.21. The molecule has 3 aromatic rings. The number of aryl methyl sites for hydroxylation is 1. The number of benzene rings is 1. The molecule has 0 aliphatic carbocycles. The van der Waals surface area contributed by atoms with Crippen molar-refractivity contribution in [3.8, 4) is 5.75 Å². The van der Waals surface area contributed by atoms with E-state index in [9.17, 15) is 9.90 Å². The van der Waals surface area contributed by atoms with Crippen molar-refractivity contribution in [2.75, 3.05) is 7.11 Å². The fourth-order valence-corrected chi connectivity index (χ4v) is 3.98. The van der Waals surface area contributed by atoms with Crippen LogP contribution >= 0.6 is 22.9 Å². The van der Waals surface area contributed by atoms with Crippen LogP contribution in [0.3, 0.4) is 0 Å². The molecule has 126 valence electrons. The lowest BCUT2D eigenvalue weighted by Crippen LogP contribution is -2.04. The number of thiophene rings is 1. The molecule has 0 saturated carbocycles. The highest BCUT2D eigenvalue weighted by Gasteiger charge is 2.19. The van der Waals surface area contributed by atoms with Crippen LogP contribution in [0.15, 0.2) is 23.6 Å². The molecule has 0 aliphatic heterocycles. The molecule has 24 heavy (non-hydrogen) atoms. The van der Waals surface area contributed by atoms with Gasteiger partial charge in [-0.1, -0.05) is 11.6 Å². The Kier molecular flexibility index (Phi) is 4.56. The minimum absolute atomic E-state index is 0.0250. The number of carboxylic acid groups (broad SMARTS) is 1. The Morgan fingerprint density at radius 2 is 2.08 bits per heavy atom. The summed E-state index contributed by atoms with van der Waals surface area (Å²) in [5.41, 5.74) is 3.88. The number of nitrogens with zero attached hydrogens (tertiary/aromatic N) is 1. The highest BCUT2D eigenvalue weighted by molar-refractivity contribution is 7.10. The van der Waals surface area contributed by atoms with Gasteiger partial charge in [-0.25, -0.2) is 0 Å². The van der Waals surface area contributed by atoms with Crippen LogP contribution in [0.1, 0.15) is 21.7 Å². The maximum Gasteiger partial charge on any atom is 0.307 e. The van der Waals surface area contributed by atoms with Crippen LogP contribution in [0, 0.1) is 13.8 Å². The molecule has 2 heterocycles. The van der Waals surface area contributed by atoms with Gasteiger partial charge in [0, 0.05) is 22.5 Å². The van der Waals surface area contributed by atoms with Crippen molar-refractivity contribution >= 4 is 39.8 Å². The minimum Gasteiger partial charge on any atom is -0.495 e. The number of aromatic nitrogens is 1. The first-order valence-electron chi connectivity index (χ1n) is 7.51. The molecule has 0 saturated heterocycles. The molecule has 0 unspecified atom stereocenters. The van der Waals surface area contributed by atoms with E-state index in [1.54, 1.807) is 18.4 Å². The molecule has 6 heteroatoms. The van der Waals surface area contributed by atoms with E-state index in [0.29, 0.717) is 17.3 Å². The van der Waals surface area contributed by atoms with Crippen molar-refractivity contribution in [1.82, 2.24) is 4.57 Å². The molecule has 1 aromatic carbocycles. The lowest BCUT2D eigenvalue weighted by atomic mass is 10.1. The zero-order valence-electron chi connectivity index (χ0n) is 13.7. The average Bonchev–Trinajstić information content (AvgIpc) is 3.03. The smallest absolute Gasteiger partial charge is 0.307 e. The van der Waals surface area contributed by atoms with Crippen LogP contribution in [-0.4, -0.2) is 22.8 Å². The standard InChI is InChI=1S/C18H18ClNO3S/c1-10-4-12(9-24-10)8-20-11(2)13(6-18(21)22)14-5-17(23-3)15(19)7-16(14)20/h4-5,7,9H,6,8H2,1-3H3,(H,21,22). The normalized spacial score (nSPS) is 11.2. The van der Waals surface area contributed by atoms with Crippen molar-refractivity contribution in [2.24, 2.45) is 0 Å². The summed E-state index contributed by atoms with van der Waals surface area (Å²) >= 11 is 8.01. The van der Waals surface area contributed by atoms with E-state index < -0.39 is 5.97 Å². The highest BCUT2D eigenvalue weighted by Crippen LogP contribution is 2.35. The molecule has 0 amide bonds. The summed E-state index contributed by atoms with van der Waals surface area (Å²) in [6.07, 6.45) is -0.0250. The lowest BCUT2D eigenvalue weighted by molar-refractivity contribution is -0.136. The molecule has 0 radical (unpaired) electrons. The first kappa shape index (κ1) is 16.9. The van der Waals surface area contributed by atoms with Crippen molar-refractivity contribution in [2.45, 2.75) is 26.8 Å². The van der Waals surface area contributed by atoms with Gasteiger partial charge in [-0.2, -0.15) is 0 Å². The first-order valence-corrected chi connectivity index (χ1v) is 8.77. The van der Waals surface area contributed by atoms with E-state index in [2.05, 4.69) is 22.9 Å². The number of carboxylic acids is 1. The number of aliphatic carboxylic acids is 1. The summed E-state index contributed by atoms with van der Waals surface area (Å²) in [5, 5.41) is 12.8. The largest absolute Gasteiger partial charge is 0.495 e. The molecule has 3 rings (SSSR count). The molecule has 0 atom stereocenters. The molecule has 0 fully saturated rings. The fourth-order valence-electron chi connectivity index (χ4n) is 3.04. The molecule has 1 N–H and O–H groups in total. The Hall–Kier alpha value is -1.98. The van der Waals surface area contributed by atoms with Gasteiger partial charge in [-0.05, 0) is 48.6 Å². The quantitative estimate of drug-likeness (QED) is 0.717. The summed E-state index contributed by atoms with van der Waals surface area (Å²) in [7, 11) is 1.56. The Morgan fingerprint density at radius 1 is 1.33 bits per heavy atom. The number of methoxy groups -OCH3 is 1. The third kappa shape index (κ3) is 3.01. The zero-order chi connectivity index (χ0) is 17.4. The maximum atomic E-state index is 11.3. The van der Waals surface area contributed by atoms with E-state index in [-0.39, 0.29) is 6.42 Å². The van der Waals surface area contributed by atoms with Crippen molar-refractivity contribution in [1.29, 1.82) is 0 Å². The van der Waals surface area contributed by atoms with Gasteiger partial charge in [-0.3, -0.25) is 4.79 Å². The van der Waals surface area contributed by atoms with Crippen molar-refractivity contribution in [3.63, 3.8) is 0 Å². The summed E-state index contributed by atoms with van der Waals surface area (Å²) in [4.78, 5) is 12.5. The Bertz CT molecular complexity index is 926. The van der Waals surface area contributed by atoms with Crippen LogP contribution in [0.5, 0.6) is 5.75 Å². The van der Waals surface area contributed by atoms with Gasteiger partial charge in [0.2, 0.25) is 0 Å². The second-order valence-corrected chi connectivity index (χ2v) is 7.31. The monoisotopic (exact) mass is 363 g/mol. The fraction of sp³-hybridized carbons (Fsp3) is 0.278. The summed E-state index contributed by atoms with van der Waals surface area (Å²) in [6, 6.07) is 5.84. The predicted molar refractivity (Wildman–Crippen MR) is 97.7 cm³/mol. The predicted octanol–water partition coefficient (Wildman–Crippen LogP) is 4.66. The van der Waals surface area contributed by atoms with Gasteiger partial charge in [0.25, 0.3) is 0 Å². The second kappa shape index (κ2) is 6.49. The highest BCUT2D eigenvalue weighted by atomic mass is 35.5. The molecular weight excluding hydrogens is 346 g/mol. The van der Waals surface area contributed by atoms with Crippen LogP contribution in [0.4, 0.5) is 0 Å². The number of carbonyl (C=O) groups is 1. The number of rotatable bonds is 5. The number of ether oxygens (including phenoxy) is 1. The molecule has 0 bridgehead atoms. The SMILES string of the molecule is COc1cc2c(CC(=O)O)c(C)n(Cc3csc(C)c3)c2cc1Cl. The van der Waals surface area contributed by atoms with Crippen LogP contribution in [0.25, 0.3) is 10.9 Å². The van der Waals surface area contributed by atoms with E-state index in [1.807, 2.05) is 19.1 Å². The Labute approximate surface area is 149 Å². The van der Waals surface area contributed by atoms with Gasteiger partial charge < -0.3 is 14.4 Å². The van der Waals surface area contributed by atoms with E-state index in [1.165, 1.54) is 10.4 Å². The lowest BCUT2D eigenvalue weighted by Gasteiger charge is -2.08. The van der Waals surface area contributed by atoms with E-state index >= 15 is 0 Å². The van der Waals surface area contributed by atoms with Gasteiger partial charge in [0.05, 0.1) is 24.1 Å². The Morgan fingerprint density at radius 3 is 2.67 bits per heavy atom. The van der Waals surface area contributed by atoms with Gasteiger partial charge in [0.15, 0.2) is 0 Å². The van der Waals surface area contributed by atoms with Gasteiger partial charge >= 0.3 is 5.97 Å². The zero-order valence-corrected chi connectivity index (χ0v) is 15.3. The van der Waals surface area contributed by atoms with Crippen LogP contribution < -0.4 is 4.74 Å². The number of hydrogen-bond donors (Lipinski definition) is 1. The summed E-state index contributed by atoms with van der Waals surface area (Å²) < 4.78 is 7.42. The minimum atomic E-state index is -0.850. The molecule has 0 spiro atoms. The van der Waals surface area contributed by atoms with Gasteiger partial charge in [-0.15, -0.1) is 11.3 Å². The third-order valence-corrected chi connectivity index (χ3v) is 5.39. The molecule has 0 aliphatic rings. The van der Waals surface area contributed by atoms with Gasteiger partial charge in [0.1, 0.15) is 5.75 Å². The maximum absolute atomic E-state index is 11.3.